The summed E-state index contributed by atoms with van der Waals surface area (Å²) in [4.78, 5) is 3.18. The smallest absolute Gasteiger partial charge is 0.0925 e. The monoisotopic (exact) mass is 227 g/mol. The van der Waals surface area contributed by atoms with Crippen LogP contribution in [-0.4, -0.2) is 11.1 Å². The Bertz CT molecular complexity index is 525. The van der Waals surface area contributed by atoms with Crippen LogP contribution in [0.25, 0.3) is 17.0 Å². The number of benzene rings is 1. The second-order valence-electron chi connectivity index (χ2n) is 3.92. The average Bonchev–Trinajstić information content (AvgIpc) is 2.76. The van der Waals surface area contributed by atoms with E-state index < -0.39 is 0 Å². The van der Waals surface area contributed by atoms with Gasteiger partial charge in [-0.2, -0.15) is 0 Å². The zero-order valence-electron chi connectivity index (χ0n) is 9.90. The molecule has 2 aromatic rings. The van der Waals surface area contributed by atoms with Gasteiger partial charge < -0.3 is 15.6 Å². The van der Waals surface area contributed by atoms with Crippen molar-refractivity contribution in [3.63, 3.8) is 0 Å². The summed E-state index contributed by atoms with van der Waals surface area (Å²) in [5.41, 5.74) is 2.34. The molecule has 1 unspecified atom stereocenters. The summed E-state index contributed by atoms with van der Waals surface area (Å²) < 4.78 is 0. The maximum atomic E-state index is 3.62. The van der Waals surface area contributed by atoms with Gasteiger partial charge in [0.05, 0.1) is 6.17 Å². The first kappa shape index (κ1) is 11.3. The molecule has 3 nitrogen and oxygen atoms in total. The topological polar surface area (TPSA) is 39.8 Å². The second-order valence-corrected chi connectivity index (χ2v) is 3.92. The van der Waals surface area contributed by atoms with E-state index in [1.807, 2.05) is 25.4 Å². The summed E-state index contributed by atoms with van der Waals surface area (Å²) in [6.07, 6.45) is 7.80. The Kier molecular flexibility index (Phi) is 3.50. The van der Waals surface area contributed by atoms with Gasteiger partial charge in [0.25, 0.3) is 0 Å². The van der Waals surface area contributed by atoms with E-state index in [1.165, 1.54) is 10.9 Å². The highest BCUT2D eigenvalue weighted by atomic mass is 15.1. The molecule has 17 heavy (non-hydrogen) atoms. The van der Waals surface area contributed by atoms with Crippen molar-refractivity contribution >= 4 is 17.0 Å². The summed E-state index contributed by atoms with van der Waals surface area (Å²) in [6.45, 7) is 5.65. The Morgan fingerprint density at radius 2 is 2.18 bits per heavy atom. The highest BCUT2D eigenvalue weighted by Crippen LogP contribution is 2.14. The number of fused-ring (bicyclic) bond motifs is 1. The first-order valence-corrected chi connectivity index (χ1v) is 5.66. The third-order valence-corrected chi connectivity index (χ3v) is 2.57. The average molecular weight is 227 g/mol. The molecule has 88 valence electrons. The lowest BCUT2D eigenvalue weighted by Gasteiger charge is -2.10. The van der Waals surface area contributed by atoms with Crippen LogP contribution in [0.15, 0.2) is 49.4 Å². The van der Waals surface area contributed by atoms with Crippen molar-refractivity contribution in [2.75, 3.05) is 0 Å². The van der Waals surface area contributed by atoms with E-state index in [2.05, 4.69) is 46.5 Å². The number of hydrogen-bond acceptors (Lipinski definition) is 2. The van der Waals surface area contributed by atoms with E-state index in [1.54, 1.807) is 6.20 Å². The Morgan fingerprint density at radius 1 is 1.29 bits per heavy atom. The molecular formula is C14H17N3. The van der Waals surface area contributed by atoms with Gasteiger partial charge in [-0.1, -0.05) is 12.6 Å². The molecule has 1 aromatic carbocycles. The third kappa shape index (κ3) is 2.91. The van der Waals surface area contributed by atoms with Gasteiger partial charge in [0.1, 0.15) is 0 Å². The minimum absolute atomic E-state index is 0.180. The molecule has 3 N–H and O–H groups in total. The van der Waals surface area contributed by atoms with Gasteiger partial charge in [-0.15, -0.1) is 0 Å². The summed E-state index contributed by atoms with van der Waals surface area (Å²) in [5, 5.41) is 7.48. The van der Waals surface area contributed by atoms with Gasteiger partial charge in [-0.25, -0.2) is 0 Å². The zero-order chi connectivity index (χ0) is 12.1. The van der Waals surface area contributed by atoms with Crippen LogP contribution in [0, 0.1) is 0 Å². The van der Waals surface area contributed by atoms with Crippen LogP contribution in [0.5, 0.6) is 0 Å². The molecule has 0 saturated heterocycles. The van der Waals surface area contributed by atoms with Gasteiger partial charge in [-0.05, 0) is 54.5 Å². The predicted octanol–water partition coefficient (Wildman–Crippen LogP) is 2.81. The molecule has 2 rings (SSSR count). The molecule has 0 fully saturated rings. The first-order valence-electron chi connectivity index (χ1n) is 5.66. The van der Waals surface area contributed by atoms with Gasteiger partial charge in [0, 0.05) is 11.7 Å². The highest BCUT2D eigenvalue weighted by Gasteiger charge is 1.94. The molecule has 0 aliphatic heterocycles. The van der Waals surface area contributed by atoms with Crippen molar-refractivity contribution in [2.24, 2.45) is 0 Å². The third-order valence-electron chi connectivity index (χ3n) is 2.57. The van der Waals surface area contributed by atoms with Crippen LogP contribution in [0.1, 0.15) is 12.5 Å². The maximum absolute atomic E-state index is 3.62. The normalized spacial score (nSPS) is 12.8. The van der Waals surface area contributed by atoms with Gasteiger partial charge in [-0.3, -0.25) is 0 Å². The standard InChI is InChI=1S/C14H17N3/c1-3-15-11(2)16-8-6-12-4-5-14-13(10-12)7-9-17-14/h3-11,15-17H,1H2,2H3/b8-6+. The maximum Gasteiger partial charge on any atom is 0.0925 e. The fourth-order valence-electron chi connectivity index (χ4n) is 1.69. The van der Waals surface area contributed by atoms with Crippen molar-refractivity contribution in [1.29, 1.82) is 0 Å². The van der Waals surface area contributed by atoms with E-state index in [9.17, 15) is 0 Å². The quantitative estimate of drug-likeness (QED) is 0.687. The summed E-state index contributed by atoms with van der Waals surface area (Å²) in [6, 6.07) is 8.39. The number of aromatic nitrogens is 1. The molecular weight excluding hydrogens is 210 g/mol. The van der Waals surface area contributed by atoms with Gasteiger partial charge >= 0.3 is 0 Å². The molecule has 0 spiro atoms. The number of H-pyrrole nitrogens is 1. The second kappa shape index (κ2) is 5.25. The number of hydrogen-bond donors (Lipinski definition) is 3. The zero-order valence-corrected chi connectivity index (χ0v) is 9.90. The summed E-state index contributed by atoms with van der Waals surface area (Å²) >= 11 is 0. The molecule has 0 amide bonds. The molecule has 3 heteroatoms. The largest absolute Gasteiger partial charge is 0.372 e. The number of aromatic amines is 1. The summed E-state index contributed by atoms with van der Waals surface area (Å²) in [5.74, 6) is 0. The molecule has 0 aliphatic rings. The fourth-order valence-corrected chi connectivity index (χ4v) is 1.69. The van der Waals surface area contributed by atoms with Crippen molar-refractivity contribution in [1.82, 2.24) is 15.6 Å². The van der Waals surface area contributed by atoms with Gasteiger partial charge in [0.2, 0.25) is 0 Å². The molecule has 1 heterocycles. The van der Waals surface area contributed by atoms with Crippen LogP contribution in [0.4, 0.5) is 0 Å². The molecule has 0 bridgehead atoms. The molecule has 1 atom stereocenters. The van der Waals surface area contributed by atoms with E-state index in [0.29, 0.717) is 0 Å². The number of rotatable bonds is 5. The summed E-state index contributed by atoms with van der Waals surface area (Å²) in [7, 11) is 0. The fraction of sp³-hybridized carbons (Fsp3) is 0.143. The molecule has 1 aromatic heterocycles. The first-order chi connectivity index (χ1) is 8.29. The van der Waals surface area contributed by atoms with Crippen LogP contribution in [0.2, 0.25) is 0 Å². The van der Waals surface area contributed by atoms with Gasteiger partial charge in [0.15, 0.2) is 0 Å². The Labute approximate surface area is 101 Å². The van der Waals surface area contributed by atoms with Crippen molar-refractivity contribution in [3.8, 4) is 0 Å². The van der Waals surface area contributed by atoms with Crippen LogP contribution < -0.4 is 10.6 Å². The lowest BCUT2D eigenvalue weighted by molar-refractivity contribution is 0.584. The molecule has 0 saturated carbocycles. The van der Waals surface area contributed by atoms with E-state index in [4.69, 9.17) is 0 Å². The lowest BCUT2D eigenvalue weighted by Crippen LogP contribution is -2.32. The number of nitrogens with one attached hydrogen (secondary N) is 3. The predicted molar refractivity (Wildman–Crippen MR) is 73.3 cm³/mol. The minimum atomic E-state index is 0.180. The minimum Gasteiger partial charge on any atom is -0.372 e. The van der Waals surface area contributed by atoms with E-state index >= 15 is 0 Å². The van der Waals surface area contributed by atoms with Crippen LogP contribution in [0.3, 0.4) is 0 Å². The molecule has 0 aliphatic carbocycles. The van der Waals surface area contributed by atoms with Crippen LogP contribution >= 0.6 is 0 Å². The molecule has 0 radical (unpaired) electrons. The Balaban J connectivity index is 2.02. The van der Waals surface area contributed by atoms with E-state index in [-0.39, 0.29) is 6.17 Å². The highest BCUT2D eigenvalue weighted by molar-refractivity contribution is 5.81. The Hall–Kier alpha value is -2.16. The van der Waals surface area contributed by atoms with Crippen molar-refractivity contribution in [2.45, 2.75) is 13.1 Å². The lowest BCUT2D eigenvalue weighted by atomic mass is 10.1. The Morgan fingerprint density at radius 3 is 3.00 bits per heavy atom. The van der Waals surface area contributed by atoms with E-state index in [0.717, 1.165) is 5.52 Å². The van der Waals surface area contributed by atoms with Crippen molar-refractivity contribution in [3.05, 3.63) is 55.0 Å². The SMILES string of the molecule is C=CNC(C)N/C=C/c1ccc2[nH]ccc2c1. The van der Waals surface area contributed by atoms with Crippen molar-refractivity contribution < 1.29 is 0 Å². The van der Waals surface area contributed by atoms with Crippen LogP contribution in [-0.2, 0) is 0 Å².